The number of alkyl carbamates (subject to hydrolysis) is 1. The van der Waals surface area contributed by atoms with E-state index in [9.17, 15) is 14.7 Å². The van der Waals surface area contributed by atoms with Crippen LogP contribution in [0.15, 0.2) is 35.5 Å². The molecule has 0 spiro atoms. The number of benzene rings is 1. The Kier molecular flexibility index (Phi) is 7.36. The van der Waals surface area contributed by atoms with Gasteiger partial charge in [0.25, 0.3) is 0 Å². The average Bonchev–Trinajstić information content (AvgIpc) is 3.23. The van der Waals surface area contributed by atoms with Gasteiger partial charge < -0.3 is 20.0 Å². The fourth-order valence-corrected chi connectivity index (χ4v) is 8.35. The van der Waals surface area contributed by atoms with Crippen LogP contribution in [0.5, 0.6) is 0 Å². The first-order valence-corrected chi connectivity index (χ1v) is 14.1. The van der Waals surface area contributed by atoms with Crippen molar-refractivity contribution in [3.63, 3.8) is 0 Å². The Bertz CT molecular complexity index is 1030. The zero-order chi connectivity index (χ0) is 26.2. The summed E-state index contributed by atoms with van der Waals surface area (Å²) in [5, 5.41) is 17.2. The quantitative estimate of drug-likeness (QED) is 0.397. The van der Waals surface area contributed by atoms with E-state index in [1.807, 2.05) is 30.3 Å². The van der Waals surface area contributed by atoms with Gasteiger partial charge in [-0.15, -0.1) is 0 Å². The molecule has 202 valence electrons. The third-order valence-corrected chi connectivity index (χ3v) is 10.5. The van der Waals surface area contributed by atoms with Gasteiger partial charge >= 0.3 is 12.1 Å². The highest BCUT2D eigenvalue weighted by Crippen LogP contribution is 2.65. The Morgan fingerprint density at radius 1 is 1.08 bits per heavy atom. The van der Waals surface area contributed by atoms with Gasteiger partial charge in [-0.1, -0.05) is 49.3 Å². The van der Waals surface area contributed by atoms with Crippen LogP contribution in [0.2, 0.25) is 0 Å². The molecule has 4 saturated carbocycles. The van der Waals surface area contributed by atoms with Crippen LogP contribution in [-0.2, 0) is 21.0 Å². The summed E-state index contributed by atoms with van der Waals surface area (Å²) in [5.41, 5.74) is 2.17. The molecule has 0 saturated heterocycles. The van der Waals surface area contributed by atoms with Crippen LogP contribution in [-0.4, -0.2) is 35.0 Å². The zero-order valence-corrected chi connectivity index (χ0v) is 22.4. The van der Waals surface area contributed by atoms with E-state index in [1.54, 1.807) is 6.92 Å². The molecule has 0 aromatic heterocycles. The predicted octanol–water partition coefficient (Wildman–Crippen LogP) is 5.60. The third kappa shape index (κ3) is 5.04. The number of rotatable bonds is 5. The molecule has 1 aromatic carbocycles. The van der Waals surface area contributed by atoms with Crippen LogP contribution >= 0.6 is 0 Å². The molecule has 0 aliphatic heterocycles. The summed E-state index contributed by atoms with van der Waals surface area (Å²) < 4.78 is 5.21. The van der Waals surface area contributed by atoms with E-state index in [0.717, 1.165) is 49.8 Å². The molecule has 7 heteroatoms. The van der Waals surface area contributed by atoms with Crippen LogP contribution in [0.3, 0.4) is 0 Å². The number of carbonyl (C=O) groups excluding carboxylic acids is 2. The van der Waals surface area contributed by atoms with E-state index >= 15 is 0 Å². The lowest BCUT2D eigenvalue weighted by molar-refractivity contribution is -0.145. The largest absolute Gasteiger partial charge is 0.445 e. The Balaban J connectivity index is 1.17. The summed E-state index contributed by atoms with van der Waals surface area (Å²) >= 11 is 0. The number of aliphatic hydroxyl groups is 1. The van der Waals surface area contributed by atoms with Crippen molar-refractivity contribution in [3.8, 4) is 0 Å². The number of ether oxygens (including phenoxy) is 1. The molecule has 7 nitrogen and oxygen atoms in total. The summed E-state index contributed by atoms with van der Waals surface area (Å²) in [6, 6.07) is 8.54. The minimum atomic E-state index is -0.856. The number of nitrogens with zero attached hydrogens (tertiary/aromatic N) is 1. The first-order valence-electron chi connectivity index (χ1n) is 14.1. The minimum absolute atomic E-state index is 0.0376. The lowest BCUT2D eigenvalue weighted by Crippen LogP contribution is -2.54. The van der Waals surface area contributed by atoms with Crippen molar-refractivity contribution in [2.24, 2.45) is 39.7 Å². The number of hydrogen-bond acceptors (Lipinski definition) is 6. The van der Waals surface area contributed by atoms with E-state index in [2.05, 4.69) is 24.3 Å². The maximum Gasteiger partial charge on any atom is 0.408 e. The summed E-state index contributed by atoms with van der Waals surface area (Å²) in [4.78, 5) is 30.1. The van der Waals surface area contributed by atoms with Crippen molar-refractivity contribution >= 4 is 17.8 Å². The molecule has 1 amide bonds. The van der Waals surface area contributed by atoms with Crippen LogP contribution in [0.4, 0.5) is 4.79 Å². The molecular formula is C30H42N2O5. The van der Waals surface area contributed by atoms with Gasteiger partial charge in [0.2, 0.25) is 0 Å². The normalized spacial score (nSPS) is 38.6. The fourth-order valence-electron chi connectivity index (χ4n) is 8.35. The molecule has 8 atom stereocenters. The Morgan fingerprint density at radius 2 is 1.86 bits per heavy atom. The first-order chi connectivity index (χ1) is 17.7. The lowest BCUT2D eigenvalue weighted by atomic mass is 9.45. The van der Waals surface area contributed by atoms with Crippen LogP contribution < -0.4 is 5.32 Å². The molecule has 37 heavy (non-hydrogen) atoms. The van der Waals surface area contributed by atoms with Gasteiger partial charge in [-0.25, -0.2) is 9.59 Å². The van der Waals surface area contributed by atoms with Gasteiger partial charge in [0.15, 0.2) is 0 Å². The Labute approximate surface area is 220 Å². The second-order valence-corrected chi connectivity index (χ2v) is 12.5. The molecule has 0 bridgehead atoms. The van der Waals surface area contributed by atoms with Crippen LogP contribution in [0.25, 0.3) is 0 Å². The van der Waals surface area contributed by atoms with E-state index in [1.165, 1.54) is 19.3 Å². The van der Waals surface area contributed by atoms with Crippen molar-refractivity contribution in [1.82, 2.24) is 5.32 Å². The standard InChI is InChI=1S/C30H42N2O5/c1-19(31-28(35)36-18-20-7-5-4-6-8-20)27(34)37-32-26-12-11-24-23-10-9-21-17-22(33)13-15-29(21,2)25(23)14-16-30(24,26)3/h4-8,19,21-25,33H,9-18H2,1-3H3,(H,31,35)/b32-26-/t19-,21-,22-,23-,24-,25-,29-,30-/m0/s1. The molecule has 4 aliphatic carbocycles. The highest BCUT2D eigenvalue weighted by atomic mass is 16.7. The number of oxime groups is 1. The molecule has 0 heterocycles. The molecule has 2 N–H and O–H groups in total. The maximum absolute atomic E-state index is 12.6. The van der Waals surface area contributed by atoms with Crippen LogP contribution in [0, 0.1) is 34.5 Å². The number of fused-ring (bicyclic) bond motifs is 5. The highest BCUT2D eigenvalue weighted by Gasteiger charge is 2.59. The van der Waals surface area contributed by atoms with Gasteiger partial charge in [0.05, 0.1) is 11.8 Å². The topological polar surface area (TPSA) is 97.2 Å². The third-order valence-electron chi connectivity index (χ3n) is 10.5. The van der Waals surface area contributed by atoms with Crippen molar-refractivity contribution < 1.29 is 24.3 Å². The number of aliphatic hydroxyl groups excluding tert-OH is 1. The van der Waals surface area contributed by atoms with Gasteiger partial charge in [-0.3, -0.25) is 0 Å². The van der Waals surface area contributed by atoms with Gasteiger partial charge in [0.1, 0.15) is 12.6 Å². The maximum atomic E-state index is 12.6. The molecule has 4 fully saturated rings. The molecule has 0 unspecified atom stereocenters. The monoisotopic (exact) mass is 510 g/mol. The number of hydrogen-bond donors (Lipinski definition) is 2. The Morgan fingerprint density at radius 3 is 2.65 bits per heavy atom. The number of amides is 1. The molecule has 0 radical (unpaired) electrons. The highest BCUT2D eigenvalue weighted by molar-refractivity contribution is 5.92. The second kappa shape index (κ2) is 10.4. The molecule has 5 rings (SSSR count). The minimum Gasteiger partial charge on any atom is -0.445 e. The van der Waals surface area contributed by atoms with Gasteiger partial charge in [0, 0.05) is 5.41 Å². The zero-order valence-electron chi connectivity index (χ0n) is 22.4. The Hall–Kier alpha value is -2.41. The van der Waals surface area contributed by atoms with E-state index in [-0.39, 0.29) is 18.1 Å². The van der Waals surface area contributed by atoms with Crippen molar-refractivity contribution in [3.05, 3.63) is 35.9 Å². The molecular weight excluding hydrogens is 468 g/mol. The number of carbonyl (C=O) groups is 2. The molecule has 1 aromatic rings. The van der Waals surface area contributed by atoms with Crippen molar-refractivity contribution in [2.45, 2.75) is 97.3 Å². The van der Waals surface area contributed by atoms with Gasteiger partial charge in [-0.2, -0.15) is 0 Å². The van der Waals surface area contributed by atoms with E-state index < -0.39 is 18.1 Å². The lowest BCUT2D eigenvalue weighted by Gasteiger charge is -2.60. The average molecular weight is 511 g/mol. The van der Waals surface area contributed by atoms with E-state index in [4.69, 9.17) is 9.57 Å². The first kappa shape index (κ1) is 26.2. The SMILES string of the molecule is C[C@H](NC(=O)OCc1ccccc1)C(=O)O/N=C1/CC[C@H]2[C@@H]3CC[C@H]4C[C@@H](O)CC[C@]4(C)[C@H]3CC[C@]12C. The van der Waals surface area contributed by atoms with Crippen molar-refractivity contribution in [1.29, 1.82) is 0 Å². The number of nitrogens with one attached hydrogen (secondary N) is 1. The summed E-state index contributed by atoms with van der Waals surface area (Å²) in [6.45, 7) is 6.53. The van der Waals surface area contributed by atoms with Crippen LogP contribution in [0.1, 0.15) is 84.1 Å². The fraction of sp³-hybridized carbons (Fsp3) is 0.700. The summed E-state index contributed by atoms with van der Waals surface area (Å²) in [5.74, 6) is 2.02. The second-order valence-electron chi connectivity index (χ2n) is 12.5. The van der Waals surface area contributed by atoms with Gasteiger partial charge in [-0.05, 0) is 99.4 Å². The summed E-state index contributed by atoms with van der Waals surface area (Å²) in [6.07, 6.45) is 8.91. The molecule has 4 aliphatic rings. The smallest absolute Gasteiger partial charge is 0.408 e. The predicted molar refractivity (Wildman–Crippen MR) is 140 cm³/mol. The summed E-state index contributed by atoms with van der Waals surface area (Å²) in [7, 11) is 0. The van der Waals surface area contributed by atoms with E-state index in [0.29, 0.717) is 29.1 Å². The van der Waals surface area contributed by atoms with Crippen molar-refractivity contribution in [2.75, 3.05) is 0 Å².